The van der Waals surface area contributed by atoms with Crippen LogP contribution in [0.1, 0.15) is 10.4 Å². The van der Waals surface area contributed by atoms with E-state index in [2.05, 4.69) is 5.32 Å². The van der Waals surface area contributed by atoms with Crippen LogP contribution in [0.2, 0.25) is 0 Å². The number of anilines is 2. The second-order valence-corrected chi connectivity index (χ2v) is 4.83. The first-order valence-corrected chi connectivity index (χ1v) is 6.29. The largest absolute Gasteiger partial charge is 0.397 e. The summed E-state index contributed by atoms with van der Waals surface area (Å²) in [6, 6.07) is 10.5. The van der Waals surface area contributed by atoms with Gasteiger partial charge >= 0.3 is 0 Å². The third-order valence-electron chi connectivity index (χ3n) is 2.51. The van der Waals surface area contributed by atoms with Crippen LogP contribution in [0.25, 0.3) is 0 Å². The number of benzene rings is 1. The third kappa shape index (κ3) is 2.79. The molecule has 0 atom stereocenters. The van der Waals surface area contributed by atoms with E-state index in [9.17, 15) is 4.39 Å². The van der Waals surface area contributed by atoms with Gasteiger partial charge in [0.15, 0.2) is 0 Å². The van der Waals surface area contributed by atoms with Crippen molar-refractivity contribution in [3.05, 3.63) is 46.6 Å². The molecule has 0 fully saturated rings. The van der Waals surface area contributed by atoms with E-state index >= 15 is 0 Å². The molecule has 18 heavy (non-hydrogen) atoms. The molecular weight excluding hydrogens is 249 g/mol. The number of halogens is 1. The topological polar surface area (TPSA) is 61.8 Å². The molecule has 0 radical (unpaired) electrons. The Morgan fingerprint density at radius 3 is 2.83 bits per heavy atom. The SMILES string of the molecule is N#Cc1sc(NCCc2ccccc2F)cc1N. The maximum absolute atomic E-state index is 13.3. The Balaban J connectivity index is 1.93. The van der Waals surface area contributed by atoms with E-state index in [-0.39, 0.29) is 5.82 Å². The molecule has 0 aliphatic carbocycles. The summed E-state index contributed by atoms with van der Waals surface area (Å²) in [7, 11) is 0. The number of nitriles is 1. The average Bonchev–Trinajstić information content (AvgIpc) is 2.72. The first-order chi connectivity index (χ1) is 8.70. The van der Waals surface area contributed by atoms with E-state index < -0.39 is 0 Å². The molecule has 1 aromatic heterocycles. The van der Waals surface area contributed by atoms with E-state index in [1.165, 1.54) is 17.4 Å². The second-order valence-electron chi connectivity index (χ2n) is 3.78. The summed E-state index contributed by atoms with van der Waals surface area (Å²) in [5, 5.41) is 12.7. The van der Waals surface area contributed by atoms with Crippen LogP contribution in [0.3, 0.4) is 0 Å². The lowest BCUT2D eigenvalue weighted by molar-refractivity contribution is 0.610. The van der Waals surface area contributed by atoms with Gasteiger partial charge in [0.2, 0.25) is 0 Å². The zero-order valence-electron chi connectivity index (χ0n) is 9.61. The van der Waals surface area contributed by atoms with Crippen LogP contribution in [-0.2, 0) is 6.42 Å². The summed E-state index contributed by atoms with van der Waals surface area (Å²) >= 11 is 1.31. The number of hydrogen-bond donors (Lipinski definition) is 2. The molecule has 5 heteroatoms. The Hall–Kier alpha value is -2.06. The molecule has 3 nitrogen and oxygen atoms in total. The van der Waals surface area contributed by atoms with Crippen molar-refractivity contribution in [2.45, 2.75) is 6.42 Å². The van der Waals surface area contributed by atoms with Crippen molar-refractivity contribution >= 4 is 22.0 Å². The maximum atomic E-state index is 13.3. The van der Waals surface area contributed by atoms with E-state index in [1.54, 1.807) is 18.2 Å². The number of nitrogen functional groups attached to an aromatic ring is 1. The van der Waals surface area contributed by atoms with Crippen LogP contribution in [0, 0.1) is 17.1 Å². The maximum Gasteiger partial charge on any atom is 0.129 e. The van der Waals surface area contributed by atoms with Crippen LogP contribution in [0.15, 0.2) is 30.3 Å². The Morgan fingerprint density at radius 2 is 2.17 bits per heavy atom. The number of hydrogen-bond acceptors (Lipinski definition) is 4. The summed E-state index contributed by atoms with van der Waals surface area (Å²) in [5.74, 6) is -0.192. The van der Waals surface area contributed by atoms with Crippen LogP contribution in [0.5, 0.6) is 0 Å². The smallest absolute Gasteiger partial charge is 0.129 e. The number of nitrogens with one attached hydrogen (secondary N) is 1. The number of nitrogens with zero attached hydrogens (tertiary/aromatic N) is 1. The minimum Gasteiger partial charge on any atom is -0.397 e. The summed E-state index contributed by atoms with van der Waals surface area (Å²) < 4.78 is 13.3. The van der Waals surface area contributed by atoms with Gasteiger partial charge in [0, 0.05) is 6.54 Å². The molecule has 2 aromatic rings. The van der Waals surface area contributed by atoms with E-state index in [0.717, 1.165) is 5.00 Å². The predicted octanol–water partition coefficient (Wildman–Crippen LogP) is 3.00. The van der Waals surface area contributed by atoms with Gasteiger partial charge in [-0.25, -0.2) is 4.39 Å². The minimum atomic E-state index is -0.192. The molecule has 0 spiro atoms. The molecule has 0 unspecified atom stereocenters. The second kappa shape index (κ2) is 5.52. The Labute approximate surface area is 109 Å². The molecule has 2 rings (SSSR count). The highest BCUT2D eigenvalue weighted by atomic mass is 32.1. The molecule has 1 aromatic carbocycles. The number of thiophene rings is 1. The van der Waals surface area contributed by atoms with Gasteiger partial charge in [-0.15, -0.1) is 11.3 Å². The molecule has 0 saturated heterocycles. The molecular formula is C13H12FN3S. The van der Waals surface area contributed by atoms with Gasteiger partial charge in [-0.2, -0.15) is 5.26 Å². The summed E-state index contributed by atoms with van der Waals surface area (Å²) in [6.07, 6.45) is 0.590. The van der Waals surface area contributed by atoms with E-state index in [0.29, 0.717) is 29.1 Å². The molecule has 92 valence electrons. The van der Waals surface area contributed by atoms with Gasteiger partial charge in [-0.05, 0) is 24.1 Å². The lowest BCUT2D eigenvalue weighted by Crippen LogP contribution is -2.04. The fourth-order valence-electron chi connectivity index (χ4n) is 1.60. The van der Waals surface area contributed by atoms with Crippen LogP contribution in [-0.4, -0.2) is 6.54 Å². The highest BCUT2D eigenvalue weighted by Gasteiger charge is 2.05. The van der Waals surface area contributed by atoms with Crippen LogP contribution < -0.4 is 11.1 Å². The molecule has 0 aliphatic heterocycles. The average molecular weight is 261 g/mol. The van der Waals surface area contributed by atoms with Gasteiger partial charge in [0.05, 0.1) is 10.7 Å². The fourth-order valence-corrected chi connectivity index (χ4v) is 2.40. The first kappa shape index (κ1) is 12.4. The van der Waals surface area contributed by atoms with Crippen molar-refractivity contribution in [3.63, 3.8) is 0 Å². The molecule has 3 N–H and O–H groups in total. The fraction of sp³-hybridized carbons (Fsp3) is 0.154. The van der Waals surface area contributed by atoms with Crippen LogP contribution in [0.4, 0.5) is 15.1 Å². The standard InChI is InChI=1S/C13H12FN3S/c14-10-4-2-1-3-9(10)5-6-17-13-7-11(16)12(8-15)18-13/h1-4,7,17H,5-6,16H2. The van der Waals surface area contributed by atoms with Gasteiger partial charge in [0.1, 0.15) is 16.8 Å². The Bertz CT molecular complexity index is 586. The highest BCUT2D eigenvalue weighted by molar-refractivity contribution is 7.17. The third-order valence-corrected chi connectivity index (χ3v) is 3.53. The van der Waals surface area contributed by atoms with Crippen molar-refractivity contribution in [3.8, 4) is 6.07 Å². The van der Waals surface area contributed by atoms with Crippen molar-refractivity contribution in [1.82, 2.24) is 0 Å². The molecule has 1 heterocycles. The zero-order valence-corrected chi connectivity index (χ0v) is 10.4. The highest BCUT2D eigenvalue weighted by Crippen LogP contribution is 2.28. The van der Waals surface area contributed by atoms with Gasteiger partial charge in [-0.3, -0.25) is 0 Å². The van der Waals surface area contributed by atoms with Crippen LogP contribution >= 0.6 is 11.3 Å². The lowest BCUT2D eigenvalue weighted by Gasteiger charge is -2.04. The number of rotatable bonds is 4. The van der Waals surface area contributed by atoms with Gasteiger partial charge < -0.3 is 11.1 Å². The number of nitrogens with two attached hydrogens (primary N) is 1. The summed E-state index contributed by atoms with van der Waals surface area (Å²) in [5.41, 5.74) is 6.81. The minimum absolute atomic E-state index is 0.192. The summed E-state index contributed by atoms with van der Waals surface area (Å²) in [6.45, 7) is 0.603. The Morgan fingerprint density at radius 1 is 1.39 bits per heavy atom. The van der Waals surface area contributed by atoms with Gasteiger partial charge in [0.25, 0.3) is 0 Å². The zero-order chi connectivity index (χ0) is 13.0. The molecule has 0 amide bonds. The van der Waals surface area contributed by atoms with Gasteiger partial charge in [-0.1, -0.05) is 18.2 Å². The molecule has 0 aliphatic rings. The van der Waals surface area contributed by atoms with Crippen molar-refractivity contribution in [2.24, 2.45) is 0 Å². The van der Waals surface area contributed by atoms with Crippen molar-refractivity contribution < 1.29 is 4.39 Å². The van der Waals surface area contributed by atoms with E-state index in [1.807, 2.05) is 12.1 Å². The monoisotopic (exact) mass is 261 g/mol. The molecule has 0 saturated carbocycles. The Kier molecular flexibility index (Phi) is 3.80. The van der Waals surface area contributed by atoms with E-state index in [4.69, 9.17) is 11.0 Å². The first-order valence-electron chi connectivity index (χ1n) is 5.47. The summed E-state index contributed by atoms with van der Waals surface area (Å²) in [4.78, 5) is 0.503. The lowest BCUT2D eigenvalue weighted by atomic mass is 10.1. The van der Waals surface area contributed by atoms with Crippen molar-refractivity contribution in [2.75, 3.05) is 17.6 Å². The molecule has 0 bridgehead atoms. The van der Waals surface area contributed by atoms with Crippen molar-refractivity contribution in [1.29, 1.82) is 5.26 Å². The quantitative estimate of drug-likeness (QED) is 0.889. The predicted molar refractivity (Wildman–Crippen MR) is 72.0 cm³/mol. The normalized spacial score (nSPS) is 10.0.